The number of likely N-dealkylation sites (tertiary alicyclic amines) is 1. The Hall–Kier alpha value is -2.68. The lowest BCUT2D eigenvalue weighted by Crippen LogP contribution is -2.49. The summed E-state index contributed by atoms with van der Waals surface area (Å²) in [6.45, 7) is 3.23. The first-order valence-electron chi connectivity index (χ1n) is 14.2. The number of hydrogen-bond acceptors (Lipinski definition) is 5. The number of carbonyl (C=O) groups excluding carboxylic acids is 2. The number of amides is 2. The molecule has 7 nitrogen and oxygen atoms in total. The van der Waals surface area contributed by atoms with Crippen LogP contribution in [0.4, 0.5) is 9.18 Å². The summed E-state index contributed by atoms with van der Waals surface area (Å²) in [6.07, 6.45) is 4.43. The van der Waals surface area contributed by atoms with Crippen molar-refractivity contribution < 1.29 is 23.8 Å². The van der Waals surface area contributed by atoms with Gasteiger partial charge in [-0.2, -0.15) is 0 Å². The molecular formula is C31H41ClFN3O4. The van der Waals surface area contributed by atoms with Gasteiger partial charge in [-0.3, -0.25) is 4.79 Å². The van der Waals surface area contributed by atoms with E-state index in [2.05, 4.69) is 15.4 Å². The van der Waals surface area contributed by atoms with Crippen molar-refractivity contribution in [3.05, 3.63) is 58.4 Å². The molecule has 40 heavy (non-hydrogen) atoms. The lowest BCUT2D eigenvalue weighted by molar-refractivity contribution is -0.140. The Morgan fingerprint density at radius 1 is 1.23 bits per heavy atom. The summed E-state index contributed by atoms with van der Waals surface area (Å²) in [5.74, 6) is -0.496. The van der Waals surface area contributed by atoms with E-state index < -0.39 is 11.7 Å². The molecule has 0 bridgehead atoms. The average Bonchev–Trinajstić information content (AvgIpc) is 3.43. The van der Waals surface area contributed by atoms with Gasteiger partial charge in [-0.1, -0.05) is 29.8 Å². The third-order valence-electron chi connectivity index (χ3n) is 8.60. The van der Waals surface area contributed by atoms with Gasteiger partial charge in [0.25, 0.3) is 0 Å². The van der Waals surface area contributed by atoms with Gasteiger partial charge in [-0.25, -0.2) is 9.18 Å². The van der Waals surface area contributed by atoms with E-state index in [1.54, 1.807) is 12.1 Å². The molecule has 3 N–H and O–H groups in total. The number of alkyl carbamates (subject to hydrolysis) is 1. The zero-order valence-corrected chi connectivity index (χ0v) is 24.4. The van der Waals surface area contributed by atoms with Gasteiger partial charge in [0.2, 0.25) is 5.91 Å². The van der Waals surface area contributed by atoms with Gasteiger partial charge in [0.15, 0.2) is 0 Å². The highest BCUT2D eigenvalue weighted by Crippen LogP contribution is 2.46. The molecule has 2 fully saturated rings. The minimum Gasteiger partial charge on any atom is -0.453 e. The van der Waals surface area contributed by atoms with E-state index in [9.17, 15) is 19.1 Å². The molecule has 1 aliphatic carbocycles. The van der Waals surface area contributed by atoms with Gasteiger partial charge < -0.3 is 25.4 Å². The number of aliphatic hydroxyl groups is 1. The molecule has 1 saturated carbocycles. The lowest BCUT2D eigenvalue weighted by atomic mass is 9.72. The number of nitrogens with zero attached hydrogens (tertiary/aromatic N) is 1. The molecule has 9 heteroatoms. The van der Waals surface area contributed by atoms with E-state index in [1.165, 1.54) is 19.2 Å². The summed E-state index contributed by atoms with van der Waals surface area (Å²) >= 11 is 6.75. The van der Waals surface area contributed by atoms with Crippen LogP contribution in [0.15, 0.2) is 36.4 Å². The summed E-state index contributed by atoms with van der Waals surface area (Å²) in [5, 5.41) is 19.0. The average molecular weight is 574 g/mol. The summed E-state index contributed by atoms with van der Waals surface area (Å²) in [6, 6.07) is 10.5. The Balaban J connectivity index is 1.68. The molecule has 0 spiro atoms. The number of benzene rings is 2. The van der Waals surface area contributed by atoms with Gasteiger partial charge in [-0.05, 0) is 93.8 Å². The molecule has 0 aromatic heterocycles. The minimum absolute atomic E-state index is 0.00875. The van der Waals surface area contributed by atoms with E-state index in [4.69, 9.17) is 11.6 Å². The lowest BCUT2D eigenvalue weighted by Gasteiger charge is -2.44. The first kappa shape index (κ1) is 30.3. The molecule has 4 atom stereocenters. The van der Waals surface area contributed by atoms with Crippen molar-refractivity contribution in [2.45, 2.75) is 63.5 Å². The van der Waals surface area contributed by atoms with E-state index in [0.717, 1.165) is 37.7 Å². The SMILES string of the molecule is CNC1CCC(C(=O)N2CCCC(C(O)(CCCNC(=O)OC)c3cccc(Cl)c3-c3cc(C)cc(F)c3)C2)C1. The van der Waals surface area contributed by atoms with Gasteiger partial charge in [0.05, 0.1) is 12.7 Å². The second-order valence-corrected chi connectivity index (χ2v) is 11.7. The van der Waals surface area contributed by atoms with Crippen molar-refractivity contribution in [3.63, 3.8) is 0 Å². The highest BCUT2D eigenvalue weighted by molar-refractivity contribution is 6.33. The van der Waals surface area contributed by atoms with Crippen LogP contribution in [0.5, 0.6) is 0 Å². The monoisotopic (exact) mass is 573 g/mol. The largest absolute Gasteiger partial charge is 0.453 e. The Morgan fingerprint density at radius 2 is 2.02 bits per heavy atom. The Kier molecular flexibility index (Phi) is 10.1. The van der Waals surface area contributed by atoms with E-state index in [0.29, 0.717) is 60.2 Å². The van der Waals surface area contributed by atoms with Gasteiger partial charge in [-0.15, -0.1) is 0 Å². The molecule has 4 rings (SSSR count). The summed E-state index contributed by atoms with van der Waals surface area (Å²) in [5.41, 5.74) is 1.17. The summed E-state index contributed by atoms with van der Waals surface area (Å²) < 4.78 is 19.2. The molecule has 0 radical (unpaired) electrons. The van der Waals surface area contributed by atoms with Crippen LogP contribution in [-0.4, -0.2) is 61.8 Å². The number of piperidine rings is 1. The van der Waals surface area contributed by atoms with Crippen molar-refractivity contribution >= 4 is 23.6 Å². The van der Waals surface area contributed by atoms with Crippen LogP contribution < -0.4 is 10.6 Å². The van der Waals surface area contributed by atoms with E-state index >= 15 is 0 Å². The molecule has 4 unspecified atom stereocenters. The molecule has 1 aliphatic heterocycles. The third-order valence-corrected chi connectivity index (χ3v) is 8.91. The van der Waals surface area contributed by atoms with E-state index in [-0.39, 0.29) is 23.6 Å². The number of rotatable bonds is 9. The number of carbonyl (C=O) groups is 2. The summed E-state index contributed by atoms with van der Waals surface area (Å²) in [4.78, 5) is 27.1. The first-order valence-corrected chi connectivity index (χ1v) is 14.6. The fraction of sp³-hybridized carbons (Fsp3) is 0.548. The van der Waals surface area contributed by atoms with Gasteiger partial charge in [0.1, 0.15) is 5.82 Å². The molecule has 2 amide bonds. The summed E-state index contributed by atoms with van der Waals surface area (Å²) in [7, 11) is 3.24. The third kappa shape index (κ3) is 6.78. The predicted octanol–water partition coefficient (Wildman–Crippen LogP) is 5.41. The van der Waals surface area contributed by atoms with E-state index in [1.807, 2.05) is 31.0 Å². The topological polar surface area (TPSA) is 90.9 Å². The number of hydrogen-bond donors (Lipinski definition) is 3. The second kappa shape index (κ2) is 13.3. The zero-order valence-electron chi connectivity index (χ0n) is 23.6. The highest BCUT2D eigenvalue weighted by Gasteiger charge is 2.44. The quantitative estimate of drug-likeness (QED) is 0.349. The Morgan fingerprint density at radius 3 is 2.73 bits per heavy atom. The fourth-order valence-electron chi connectivity index (χ4n) is 6.53. The number of aryl methyl sites for hydroxylation is 1. The smallest absolute Gasteiger partial charge is 0.406 e. The first-order chi connectivity index (χ1) is 19.2. The molecule has 2 aliphatic rings. The Bertz CT molecular complexity index is 1190. The molecule has 1 heterocycles. The molecule has 1 saturated heterocycles. The Labute approximate surface area is 241 Å². The van der Waals surface area contributed by atoms with Crippen molar-refractivity contribution in [2.75, 3.05) is 33.8 Å². The highest BCUT2D eigenvalue weighted by atomic mass is 35.5. The fourth-order valence-corrected chi connectivity index (χ4v) is 6.82. The van der Waals surface area contributed by atoms with Crippen LogP contribution in [0.1, 0.15) is 56.1 Å². The van der Waals surface area contributed by atoms with Crippen molar-refractivity contribution in [1.82, 2.24) is 15.5 Å². The number of nitrogens with one attached hydrogen (secondary N) is 2. The van der Waals surface area contributed by atoms with Crippen molar-refractivity contribution in [1.29, 1.82) is 0 Å². The van der Waals surface area contributed by atoms with Gasteiger partial charge >= 0.3 is 6.09 Å². The number of halogens is 2. The molecular weight excluding hydrogens is 533 g/mol. The van der Waals surface area contributed by atoms with Crippen LogP contribution in [0, 0.1) is 24.6 Å². The maximum absolute atomic E-state index is 14.5. The van der Waals surface area contributed by atoms with Crippen molar-refractivity contribution in [3.8, 4) is 11.1 Å². The maximum atomic E-state index is 14.5. The normalized spacial score (nSPS) is 22.6. The van der Waals surface area contributed by atoms with Crippen molar-refractivity contribution in [2.24, 2.45) is 11.8 Å². The van der Waals surface area contributed by atoms with Crippen LogP contribution in [0.3, 0.4) is 0 Å². The van der Waals surface area contributed by atoms with Crippen LogP contribution in [-0.2, 0) is 15.1 Å². The van der Waals surface area contributed by atoms with Crippen LogP contribution >= 0.6 is 11.6 Å². The van der Waals surface area contributed by atoms with Gasteiger partial charge in [0, 0.05) is 48.1 Å². The predicted molar refractivity (Wildman–Crippen MR) is 155 cm³/mol. The zero-order chi connectivity index (χ0) is 28.9. The minimum atomic E-state index is -1.37. The number of methoxy groups -OCH3 is 1. The number of ether oxygens (including phenoxy) is 1. The van der Waals surface area contributed by atoms with Crippen LogP contribution in [0.25, 0.3) is 11.1 Å². The molecule has 2 aromatic rings. The second-order valence-electron chi connectivity index (χ2n) is 11.2. The molecule has 2 aromatic carbocycles. The van der Waals surface area contributed by atoms with Crippen LogP contribution in [0.2, 0.25) is 5.02 Å². The molecule has 218 valence electrons. The standard InChI is InChI=1S/C31H41ClFN3O4/c1-20-15-22(17-24(33)16-20)28-26(8-4-9-27(28)32)31(39,12-6-13-35-30(38)40-3)23-7-5-14-36(19-23)29(37)21-10-11-25(18-21)34-2/h4,8-9,15-17,21,23,25,34,39H,5-7,10-14,18-19H2,1-3H3,(H,35,38). The maximum Gasteiger partial charge on any atom is 0.406 e.